The lowest BCUT2D eigenvalue weighted by atomic mass is 9.78. The van der Waals surface area contributed by atoms with Crippen LogP contribution < -0.4 is 0 Å². The van der Waals surface area contributed by atoms with Gasteiger partial charge in [-0.1, -0.05) is 24.1 Å². The predicted molar refractivity (Wildman–Crippen MR) is 85.2 cm³/mol. The smallest absolute Gasteiger partial charge is 0.177 e. The molecule has 2 aromatic heterocycles. The van der Waals surface area contributed by atoms with Gasteiger partial charge in [-0.2, -0.15) is 0 Å². The van der Waals surface area contributed by atoms with E-state index in [1.165, 1.54) is 49.9 Å². The minimum atomic E-state index is 0.786. The van der Waals surface area contributed by atoms with E-state index in [-0.39, 0.29) is 0 Å². The Kier molecular flexibility index (Phi) is 3.82. The molecule has 1 aliphatic carbocycles. The van der Waals surface area contributed by atoms with Crippen LogP contribution in [0.2, 0.25) is 0 Å². The average molecular weight is 302 g/mol. The molecule has 0 amide bonds. The van der Waals surface area contributed by atoms with Gasteiger partial charge in [-0.05, 0) is 49.6 Å². The minimum Gasteiger partial charge on any atom is -0.355 e. The summed E-state index contributed by atoms with van der Waals surface area (Å²) in [5.74, 6) is 1.84. The molecule has 0 radical (unpaired) electrons. The number of hydrogen-bond donors (Lipinski definition) is 0. The van der Waals surface area contributed by atoms with Crippen molar-refractivity contribution in [3.8, 4) is 10.6 Å². The van der Waals surface area contributed by atoms with Crippen molar-refractivity contribution < 1.29 is 4.52 Å². The molecule has 2 aliphatic rings. The van der Waals surface area contributed by atoms with Gasteiger partial charge in [0, 0.05) is 18.7 Å². The molecule has 0 unspecified atom stereocenters. The van der Waals surface area contributed by atoms with Crippen molar-refractivity contribution >= 4 is 11.3 Å². The van der Waals surface area contributed by atoms with Gasteiger partial charge in [0.1, 0.15) is 0 Å². The van der Waals surface area contributed by atoms with Gasteiger partial charge in [0.25, 0.3) is 0 Å². The number of hydrogen-bond acceptors (Lipinski definition) is 4. The summed E-state index contributed by atoms with van der Waals surface area (Å²) in [5, 5.41) is 6.37. The number of piperidine rings is 1. The van der Waals surface area contributed by atoms with E-state index >= 15 is 0 Å². The first-order valence-corrected chi connectivity index (χ1v) is 9.01. The van der Waals surface area contributed by atoms with Gasteiger partial charge < -0.3 is 4.52 Å². The van der Waals surface area contributed by atoms with Gasteiger partial charge in [0.2, 0.25) is 0 Å². The molecule has 0 bridgehead atoms. The van der Waals surface area contributed by atoms with Gasteiger partial charge in [0.15, 0.2) is 5.76 Å². The maximum atomic E-state index is 5.52. The Labute approximate surface area is 129 Å². The molecule has 2 aromatic rings. The quantitative estimate of drug-likeness (QED) is 0.832. The van der Waals surface area contributed by atoms with Gasteiger partial charge in [0.05, 0.1) is 10.6 Å². The van der Waals surface area contributed by atoms with Gasteiger partial charge in [-0.3, -0.25) is 4.90 Å². The van der Waals surface area contributed by atoms with Crippen molar-refractivity contribution in [3.05, 3.63) is 29.3 Å². The first-order chi connectivity index (χ1) is 10.4. The van der Waals surface area contributed by atoms with Gasteiger partial charge in [-0.15, -0.1) is 11.3 Å². The highest BCUT2D eigenvalue weighted by atomic mass is 32.1. The lowest BCUT2D eigenvalue weighted by Gasteiger charge is -2.43. The van der Waals surface area contributed by atoms with Crippen LogP contribution in [-0.4, -0.2) is 22.6 Å². The molecule has 21 heavy (non-hydrogen) atoms. The van der Waals surface area contributed by atoms with E-state index in [0.29, 0.717) is 0 Å². The SMILES string of the molecule is c1csc(-c2cc(CN3CCC[C@H]4CCCC[C@H]43)no2)c1. The van der Waals surface area contributed by atoms with E-state index < -0.39 is 0 Å². The summed E-state index contributed by atoms with van der Waals surface area (Å²) in [6, 6.07) is 7.06. The third-order valence-corrected chi connectivity index (χ3v) is 5.93. The van der Waals surface area contributed by atoms with Crippen molar-refractivity contribution in [2.75, 3.05) is 6.54 Å². The second kappa shape index (κ2) is 5.93. The average Bonchev–Trinajstić information content (AvgIpc) is 3.18. The molecule has 4 heteroatoms. The molecule has 1 aliphatic heterocycles. The van der Waals surface area contributed by atoms with E-state index in [0.717, 1.165) is 30.0 Å². The molecular formula is C17H22N2OS. The summed E-state index contributed by atoms with van der Waals surface area (Å²) < 4.78 is 5.52. The second-order valence-corrected chi connectivity index (χ2v) is 7.33. The van der Waals surface area contributed by atoms with Crippen LogP contribution in [0.3, 0.4) is 0 Å². The number of thiophene rings is 1. The Morgan fingerprint density at radius 2 is 2.14 bits per heavy atom. The zero-order valence-electron chi connectivity index (χ0n) is 12.3. The van der Waals surface area contributed by atoms with Crippen molar-refractivity contribution in [1.82, 2.24) is 10.1 Å². The topological polar surface area (TPSA) is 29.3 Å². The van der Waals surface area contributed by atoms with E-state index in [2.05, 4.69) is 33.6 Å². The fourth-order valence-corrected chi connectivity index (χ4v) is 4.73. The van der Waals surface area contributed by atoms with E-state index in [1.807, 2.05) is 0 Å². The first-order valence-electron chi connectivity index (χ1n) is 8.14. The molecule has 4 rings (SSSR count). The second-order valence-electron chi connectivity index (χ2n) is 6.38. The lowest BCUT2D eigenvalue weighted by Crippen LogP contribution is -2.46. The zero-order chi connectivity index (χ0) is 14.1. The number of nitrogens with zero attached hydrogens (tertiary/aromatic N) is 2. The van der Waals surface area contributed by atoms with Crippen molar-refractivity contribution in [2.24, 2.45) is 5.92 Å². The maximum Gasteiger partial charge on any atom is 0.177 e. The summed E-state index contributed by atoms with van der Waals surface area (Å²) in [6.45, 7) is 2.18. The van der Waals surface area contributed by atoms with Crippen LogP contribution in [0.1, 0.15) is 44.2 Å². The lowest BCUT2D eigenvalue weighted by molar-refractivity contribution is 0.0530. The first kappa shape index (κ1) is 13.5. The molecular weight excluding hydrogens is 280 g/mol. The van der Waals surface area contributed by atoms with E-state index in [1.54, 1.807) is 11.3 Å². The minimum absolute atomic E-state index is 0.786. The third-order valence-electron chi connectivity index (χ3n) is 5.05. The summed E-state index contributed by atoms with van der Waals surface area (Å²) in [6.07, 6.45) is 8.41. The number of fused-ring (bicyclic) bond motifs is 1. The fourth-order valence-electron chi connectivity index (χ4n) is 4.05. The molecule has 3 nitrogen and oxygen atoms in total. The largest absolute Gasteiger partial charge is 0.355 e. The van der Waals surface area contributed by atoms with Crippen LogP contribution in [0.25, 0.3) is 10.6 Å². The molecule has 0 N–H and O–H groups in total. The van der Waals surface area contributed by atoms with Crippen LogP contribution in [0.4, 0.5) is 0 Å². The monoisotopic (exact) mass is 302 g/mol. The summed E-state index contributed by atoms with van der Waals surface area (Å²) >= 11 is 1.71. The highest BCUT2D eigenvalue weighted by Crippen LogP contribution is 2.36. The number of aromatic nitrogens is 1. The van der Waals surface area contributed by atoms with Crippen molar-refractivity contribution in [2.45, 2.75) is 51.1 Å². The zero-order valence-corrected chi connectivity index (χ0v) is 13.1. The van der Waals surface area contributed by atoms with Crippen molar-refractivity contribution in [1.29, 1.82) is 0 Å². The molecule has 0 aromatic carbocycles. The summed E-state index contributed by atoms with van der Waals surface area (Å²) in [7, 11) is 0. The van der Waals surface area contributed by atoms with Crippen LogP contribution in [0.5, 0.6) is 0 Å². The Bertz CT molecular complexity index is 575. The van der Waals surface area contributed by atoms with Crippen LogP contribution in [0, 0.1) is 5.92 Å². The normalized spacial score (nSPS) is 26.7. The fraction of sp³-hybridized carbons (Fsp3) is 0.588. The molecule has 1 saturated carbocycles. The number of rotatable bonds is 3. The molecule has 112 valence electrons. The highest BCUT2D eigenvalue weighted by Gasteiger charge is 2.33. The van der Waals surface area contributed by atoms with Gasteiger partial charge >= 0.3 is 0 Å². The Hall–Kier alpha value is -1.13. The predicted octanol–water partition coefficient (Wildman–Crippen LogP) is 4.56. The molecule has 2 atom stereocenters. The van der Waals surface area contributed by atoms with Crippen LogP contribution >= 0.6 is 11.3 Å². The molecule has 2 fully saturated rings. The summed E-state index contributed by atoms with van der Waals surface area (Å²) in [5.41, 5.74) is 1.09. The van der Waals surface area contributed by atoms with E-state index in [9.17, 15) is 0 Å². The van der Waals surface area contributed by atoms with E-state index in [4.69, 9.17) is 4.52 Å². The molecule has 3 heterocycles. The Balaban J connectivity index is 1.47. The summed E-state index contributed by atoms with van der Waals surface area (Å²) in [4.78, 5) is 3.83. The Morgan fingerprint density at radius 3 is 3.05 bits per heavy atom. The molecule has 0 spiro atoms. The van der Waals surface area contributed by atoms with Gasteiger partial charge in [-0.25, -0.2) is 0 Å². The van der Waals surface area contributed by atoms with Crippen molar-refractivity contribution in [3.63, 3.8) is 0 Å². The third kappa shape index (κ3) is 2.79. The van der Waals surface area contributed by atoms with Crippen LogP contribution in [0.15, 0.2) is 28.1 Å². The number of likely N-dealkylation sites (tertiary alicyclic amines) is 1. The highest BCUT2D eigenvalue weighted by molar-refractivity contribution is 7.13. The standard InChI is InChI=1S/C17H22N2OS/c1-2-7-15-13(5-1)6-3-9-19(15)12-14-11-16(20-18-14)17-8-4-10-21-17/h4,8,10-11,13,15H,1-3,5-7,9,12H2/t13-,15-/m1/s1. The molecule has 1 saturated heterocycles. The maximum absolute atomic E-state index is 5.52. The van der Waals surface area contributed by atoms with Crippen LogP contribution in [-0.2, 0) is 6.54 Å². The Morgan fingerprint density at radius 1 is 1.24 bits per heavy atom.